The molecule has 0 saturated carbocycles. The zero-order valence-corrected chi connectivity index (χ0v) is 14.7. The van der Waals surface area contributed by atoms with Gasteiger partial charge in [-0.25, -0.2) is 4.79 Å². The summed E-state index contributed by atoms with van der Waals surface area (Å²) < 4.78 is 2.21. The second kappa shape index (κ2) is 8.28. The highest BCUT2D eigenvalue weighted by Gasteiger charge is 2.19. The summed E-state index contributed by atoms with van der Waals surface area (Å²) in [6.07, 6.45) is 1.40. The lowest BCUT2D eigenvalue weighted by Crippen LogP contribution is -2.44. The van der Waals surface area contributed by atoms with E-state index < -0.39 is 35.6 Å². The molecule has 0 aliphatic carbocycles. The third kappa shape index (κ3) is 4.69. The molecule has 1 atom stereocenters. The van der Waals surface area contributed by atoms with Crippen LogP contribution in [-0.4, -0.2) is 44.6 Å². The lowest BCUT2D eigenvalue weighted by Gasteiger charge is -2.20. The van der Waals surface area contributed by atoms with E-state index in [0.29, 0.717) is 0 Å². The van der Waals surface area contributed by atoms with Crippen LogP contribution in [0.5, 0.6) is 0 Å². The summed E-state index contributed by atoms with van der Waals surface area (Å²) in [4.78, 5) is 48.9. The molecule has 1 N–H and O–H groups in total. The fourth-order valence-corrected chi connectivity index (χ4v) is 2.45. The van der Waals surface area contributed by atoms with Crippen molar-refractivity contribution in [3.63, 3.8) is 0 Å². The van der Waals surface area contributed by atoms with Crippen molar-refractivity contribution in [2.24, 2.45) is 5.92 Å². The van der Waals surface area contributed by atoms with Gasteiger partial charge < -0.3 is 10.0 Å². The zero-order chi connectivity index (χ0) is 19.3. The average Bonchev–Trinajstić information content (AvgIpc) is 2.61. The number of nitrogens with zero attached hydrogens (tertiary/aromatic N) is 3. The molecule has 0 bridgehead atoms. The zero-order valence-electron chi connectivity index (χ0n) is 14.7. The van der Waals surface area contributed by atoms with Crippen LogP contribution in [0.15, 0.2) is 52.2 Å². The predicted octanol–water partition coefficient (Wildman–Crippen LogP) is 0.237. The average molecular weight is 359 g/mol. The van der Waals surface area contributed by atoms with Crippen molar-refractivity contribution in [2.45, 2.75) is 20.0 Å². The number of aliphatic carboxylic acids is 1. The maximum atomic E-state index is 12.5. The third-order valence-electron chi connectivity index (χ3n) is 4.02. The molecule has 2 rings (SSSR count). The summed E-state index contributed by atoms with van der Waals surface area (Å²) in [5, 5.41) is 8.92. The number of rotatable bonds is 7. The van der Waals surface area contributed by atoms with E-state index in [0.717, 1.165) is 10.1 Å². The van der Waals surface area contributed by atoms with Crippen LogP contribution in [0.4, 0.5) is 0 Å². The summed E-state index contributed by atoms with van der Waals surface area (Å²) in [5.74, 6) is -2.27. The number of carbonyl (C=O) groups excluding carboxylic acids is 1. The van der Waals surface area contributed by atoms with Gasteiger partial charge in [0, 0.05) is 25.9 Å². The van der Waals surface area contributed by atoms with Gasteiger partial charge in [0.1, 0.15) is 6.54 Å². The SMILES string of the molecule is CC(CN(C)C(=O)Cn1c(=O)ccn(Cc2ccccc2)c1=O)C(=O)O. The lowest BCUT2D eigenvalue weighted by atomic mass is 10.2. The smallest absolute Gasteiger partial charge is 0.331 e. The van der Waals surface area contributed by atoms with Gasteiger partial charge in [0.05, 0.1) is 12.5 Å². The molecule has 1 aromatic heterocycles. The van der Waals surface area contributed by atoms with Crippen LogP contribution in [0.1, 0.15) is 12.5 Å². The summed E-state index contributed by atoms with van der Waals surface area (Å²) in [7, 11) is 1.44. The third-order valence-corrected chi connectivity index (χ3v) is 4.02. The van der Waals surface area contributed by atoms with E-state index in [1.54, 1.807) is 0 Å². The number of benzene rings is 1. The predicted molar refractivity (Wildman–Crippen MR) is 94.9 cm³/mol. The number of carbonyl (C=O) groups is 2. The van der Waals surface area contributed by atoms with Crippen LogP contribution in [0.25, 0.3) is 0 Å². The van der Waals surface area contributed by atoms with Crippen LogP contribution < -0.4 is 11.2 Å². The van der Waals surface area contributed by atoms with Crippen LogP contribution in [0, 0.1) is 5.92 Å². The number of carboxylic acids is 1. The van der Waals surface area contributed by atoms with Crippen LogP contribution in [0.2, 0.25) is 0 Å². The van der Waals surface area contributed by atoms with E-state index in [1.807, 2.05) is 30.3 Å². The molecule has 8 heteroatoms. The normalized spacial score (nSPS) is 11.8. The molecule has 1 amide bonds. The van der Waals surface area contributed by atoms with E-state index in [1.165, 1.54) is 35.7 Å². The van der Waals surface area contributed by atoms with Gasteiger partial charge in [-0.15, -0.1) is 0 Å². The Kier molecular flexibility index (Phi) is 6.11. The molecule has 0 saturated heterocycles. The maximum absolute atomic E-state index is 12.5. The Morgan fingerprint density at radius 3 is 2.42 bits per heavy atom. The first kappa shape index (κ1) is 19.2. The fourth-order valence-electron chi connectivity index (χ4n) is 2.45. The first-order valence-corrected chi connectivity index (χ1v) is 8.10. The van der Waals surface area contributed by atoms with Gasteiger partial charge in [-0.2, -0.15) is 0 Å². The molecule has 0 aliphatic rings. The highest BCUT2D eigenvalue weighted by molar-refractivity contribution is 5.77. The number of amides is 1. The minimum atomic E-state index is -1.02. The van der Waals surface area contributed by atoms with Gasteiger partial charge in [0.15, 0.2) is 0 Å². The van der Waals surface area contributed by atoms with E-state index in [4.69, 9.17) is 5.11 Å². The molecule has 26 heavy (non-hydrogen) atoms. The standard InChI is InChI=1S/C18H21N3O5/c1-13(17(24)25)10-19(2)16(23)12-21-15(22)8-9-20(18(21)26)11-14-6-4-3-5-7-14/h3-9,13H,10-12H2,1-2H3,(H,24,25). The van der Waals surface area contributed by atoms with E-state index in [-0.39, 0.29) is 13.1 Å². The van der Waals surface area contributed by atoms with Gasteiger partial charge in [-0.3, -0.25) is 23.5 Å². The highest BCUT2D eigenvalue weighted by atomic mass is 16.4. The molecule has 0 fully saturated rings. The molecule has 2 aromatic rings. The Morgan fingerprint density at radius 2 is 1.81 bits per heavy atom. The highest BCUT2D eigenvalue weighted by Crippen LogP contribution is 2.01. The molecule has 1 heterocycles. The molecular formula is C18H21N3O5. The quantitative estimate of drug-likeness (QED) is 0.763. The van der Waals surface area contributed by atoms with Gasteiger partial charge in [0.25, 0.3) is 5.56 Å². The van der Waals surface area contributed by atoms with Crippen molar-refractivity contribution in [3.8, 4) is 0 Å². The Morgan fingerprint density at radius 1 is 1.15 bits per heavy atom. The molecule has 1 unspecified atom stereocenters. The van der Waals surface area contributed by atoms with Crippen molar-refractivity contribution in [1.29, 1.82) is 0 Å². The molecule has 0 aliphatic heterocycles. The minimum Gasteiger partial charge on any atom is -0.481 e. The Labute approximate surface area is 149 Å². The Bertz CT molecular complexity index is 901. The van der Waals surface area contributed by atoms with Crippen LogP contribution in [-0.2, 0) is 22.7 Å². The monoisotopic (exact) mass is 359 g/mol. The van der Waals surface area contributed by atoms with Crippen molar-refractivity contribution < 1.29 is 14.7 Å². The number of carboxylic acid groups (broad SMARTS) is 1. The molecule has 138 valence electrons. The number of likely N-dealkylation sites (N-methyl/N-ethyl adjacent to an activating group) is 1. The maximum Gasteiger partial charge on any atom is 0.331 e. The summed E-state index contributed by atoms with van der Waals surface area (Å²) >= 11 is 0. The minimum absolute atomic E-state index is 0.00600. The van der Waals surface area contributed by atoms with Gasteiger partial charge in [0.2, 0.25) is 5.91 Å². The first-order chi connectivity index (χ1) is 12.3. The summed E-state index contributed by atoms with van der Waals surface area (Å²) in [6.45, 7) is 1.32. The van der Waals surface area contributed by atoms with E-state index >= 15 is 0 Å². The van der Waals surface area contributed by atoms with Gasteiger partial charge >= 0.3 is 11.7 Å². The Balaban J connectivity index is 2.20. The molecule has 1 aromatic carbocycles. The number of hydrogen-bond acceptors (Lipinski definition) is 4. The van der Waals surface area contributed by atoms with Crippen LogP contribution in [0.3, 0.4) is 0 Å². The van der Waals surface area contributed by atoms with Crippen molar-refractivity contribution in [1.82, 2.24) is 14.0 Å². The number of aromatic nitrogens is 2. The topological polar surface area (TPSA) is 102 Å². The van der Waals surface area contributed by atoms with Crippen molar-refractivity contribution in [3.05, 3.63) is 69.0 Å². The summed E-state index contributed by atoms with van der Waals surface area (Å²) in [5.41, 5.74) is -0.278. The largest absolute Gasteiger partial charge is 0.481 e. The Hall–Kier alpha value is -3.16. The lowest BCUT2D eigenvalue weighted by molar-refractivity contribution is -0.142. The molecular weight excluding hydrogens is 338 g/mol. The van der Waals surface area contributed by atoms with Gasteiger partial charge in [-0.1, -0.05) is 37.3 Å². The fraction of sp³-hybridized carbons (Fsp3) is 0.333. The van der Waals surface area contributed by atoms with E-state index in [9.17, 15) is 19.2 Å². The van der Waals surface area contributed by atoms with Crippen molar-refractivity contribution >= 4 is 11.9 Å². The first-order valence-electron chi connectivity index (χ1n) is 8.10. The number of hydrogen-bond donors (Lipinski definition) is 1. The van der Waals surface area contributed by atoms with E-state index in [2.05, 4.69) is 0 Å². The van der Waals surface area contributed by atoms with Crippen LogP contribution >= 0.6 is 0 Å². The van der Waals surface area contributed by atoms with Gasteiger partial charge in [-0.05, 0) is 5.56 Å². The molecule has 0 spiro atoms. The second-order valence-corrected chi connectivity index (χ2v) is 6.15. The molecule has 0 radical (unpaired) electrons. The summed E-state index contributed by atoms with van der Waals surface area (Å²) in [6, 6.07) is 10.5. The second-order valence-electron chi connectivity index (χ2n) is 6.15. The van der Waals surface area contributed by atoms with Crippen molar-refractivity contribution in [2.75, 3.05) is 13.6 Å². The molecule has 8 nitrogen and oxygen atoms in total.